The maximum atomic E-state index is 12.7. The Bertz CT molecular complexity index is 794. The SMILES string of the molecule is CNS(=O)(=O)c1cccc(NC(=O)N2CC3(CC=CC3)C2C(C)C)c1. The van der Waals surface area contributed by atoms with Gasteiger partial charge in [0.1, 0.15) is 0 Å². The van der Waals surface area contributed by atoms with Gasteiger partial charge in [-0.25, -0.2) is 17.9 Å². The van der Waals surface area contributed by atoms with Crippen molar-refractivity contribution in [1.82, 2.24) is 9.62 Å². The lowest BCUT2D eigenvalue weighted by Crippen LogP contribution is -2.68. The molecule has 0 aromatic heterocycles. The highest BCUT2D eigenvalue weighted by molar-refractivity contribution is 7.89. The number of benzene rings is 1. The number of likely N-dealkylation sites (tertiary alicyclic amines) is 1. The second kappa shape index (κ2) is 6.46. The van der Waals surface area contributed by atoms with Crippen LogP contribution in [-0.4, -0.2) is 39.0 Å². The minimum Gasteiger partial charge on any atom is -0.320 e. The van der Waals surface area contributed by atoms with Crippen molar-refractivity contribution >= 4 is 21.7 Å². The molecule has 2 aliphatic rings. The quantitative estimate of drug-likeness (QED) is 0.808. The van der Waals surface area contributed by atoms with E-state index < -0.39 is 10.0 Å². The fourth-order valence-electron chi connectivity index (χ4n) is 4.16. The van der Waals surface area contributed by atoms with Crippen LogP contribution in [0.15, 0.2) is 41.3 Å². The molecular weight excluding hydrogens is 338 g/mol. The Balaban J connectivity index is 1.74. The lowest BCUT2D eigenvalue weighted by atomic mass is 9.65. The Morgan fingerprint density at radius 1 is 1.28 bits per heavy atom. The average Bonchev–Trinajstić information content (AvgIpc) is 3.04. The van der Waals surface area contributed by atoms with Gasteiger partial charge in [0.15, 0.2) is 0 Å². The Kier molecular flexibility index (Phi) is 4.64. The smallest absolute Gasteiger partial charge is 0.320 e. The van der Waals surface area contributed by atoms with Crippen LogP contribution >= 0.6 is 0 Å². The van der Waals surface area contributed by atoms with E-state index in [2.05, 4.69) is 36.0 Å². The third-order valence-electron chi connectivity index (χ3n) is 5.22. The van der Waals surface area contributed by atoms with Gasteiger partial charge >= 0.3 is 6.03 Å². The van der Waals surface area contributed by atoms with Gasteiger partial charge in [0.25, 0.3) is 0 Å². The minimum absolute atomic E-state index is 0.133. The van der Waals surface area contributed by atoms with Gasteiger partial charge in [0.05, 0.1) is 4.90 Å². The van der Waals surface area contributed by atoms with Gasteiger partial charge in [-0.1, -0.05) is 32.1 Å². The molecule has 2 N–H and O–H groups in total. The molecule has 1 aromatic rings. The summed E-state index contributed by atoms with van der Waals surface area (Å²) in [4.78, 5) is 14.7. The van der Waals surface area contributed by atoms with Crippen LogP contribution in [0, 0.1) is 11.3 Å². The Morgan fingerprint density at radius 3 is 2.56 bits per heavy atom. The molecule has 1 unspecified atom stereocenters. The zero-order chi connectivity index (χ0) is 18.2. The molecule has 7 heteroatoms. The van der Waals surface area contributed by atoms with Crippen molar-refractivity contribution in [3.63, 3.8) is 0 Å². The van der Waals surface area contributed by atoms with E-state index in [1.807, 2.05) is 4.90 Å². The highest BCUT2D eigenvalue weighted by Gasteiger charge is 2.55. The van der Waals surface area contributed by atoms with Crippen molar-refractivity contribution in [2.45, 2.75) is 37.6 Å². The van der Waals surface area contributed by atoms with Gasteiger partial charge in [-0.2, -0.15) is 0 Å². The molecule has 1 aliphatic heterocycles. The number of rotatable bonds is 4. The predicted molar refractivity (Wildman–Crippen MR) is 97.8 cm³/mol. The number of amides is 2. The summed E-state index contributed by atoms with van der Waals surface area (Å²) in [5, 5.41) is 2.85. The van der Waals surface area contributed by atoms with Crippen molar-refractivity contribution in [2.24, 2.45) is 11.3 Å². The monoisotopic (exact) mass is 363 g/mol. The third kappa shape index (κ3) is 3.18. The van der Waals surface area contributed by atoms with E-state index in [1.54, 1.807) is 12.1 Å². The van der Waals surface area contributed by atoms with E-state index in [0.717, 1.165) is 19.4 Å². The molecule has 6 nitrogen and oxygen atoms in total. The molecule has 3 rings (SSSR count). The maximum Gasteiger partial charge on any atom is 0.322 e. The summed E-state index contributed by atoms with van der Waals surface area (Å²) in [6, 6.07) is 6.33. The lowest BCUT2D eigenvalue weighted by molar-refractivity contribution is -0.0538. The molecule has 0 radical (unpaired) electrons. The molecule has 136 valence electrons. The molecule has 1 aliphatic carbocycles. The fourth-order valence-corrected chi connectivity index (χ4v) is 4.93. The number of nitrogens with one attached hydrogen (secondary N) is 2. The number of anilines is 1. The molecule has 25 heavy (non-hydrogen) atoms. The first kappa shape index (κ1) is 17.9. The van der Waals surface area contributed by atoms with Crippen molar-refractivity contribution in [2.75, 3.05) is 18.9 Å². The second-order valence-electron chi connectivity index (χ2n) is 7.22. The summed E-state index contributed by atoms with van der Waals surface area (Å²) < 4.78 is 26.1. The van der Waals surface area contributed by atoms with Gasteiger partial charge in [-0.05, 0) is 44.0 Å². The molecular formula is C18H25N3O3S. The van der Waals surface area contributed by atoms with E-state index in [-0.39, 0.29) is 22.4 Å². The first-order chi connectivity index (χ1) is 11.8. The molecule has 1 fully saturated rings. The Morgan fingerprint density at radius 2 is 1.96 bits per heavy atom. The number of carbonyl (C=O) groups is 1. The Labute approximate surface area is 149 Å². The van der Waals surface area contributed by atoms with Crippen molar-refractivity contribution in [1.29, 1.82) is 0 Å². The van der Waals surface area contributed by atoms with Gasteiger partial charge in [-0.3, -0.25) is 0 Å². The predicted octanol–water partition coefficient (Wildman–Crippen LogP) is 2.80. The highest BCUT2D eigenvalue weighted by Crippen LogP contribution is 2.50. The van der Waals surface area contributed by atoms with Gasteiger partial charge < -0.3 is 10.2 Å². The van der Waals surface area contributed by atoms with Crippen molar-refractivity contribution in [3.05, 3.63) is 36.4 Å². The average molecular weight is 363 g/mol. The first-order valence-corrected chi connectivity index (χ1v) is 10.0. The molecule has 1 aromatic carbocycles. The number of allylic oxidation sites excluding steroid dienone is 2. The topological polar surface area (TPSA) is 78.5 Å². The maximum absolute atomic E-state index is 12.7. The van der Waals surface area contributed by atoms with E-state index in [4.69, 9.17) is 0 Å². The van der Waals surface area contributed by atoms with Crippen LogP contribution in [0.4, 0.5) is 10.5 Å². The molecule has 1 spiro atoms. The summed E-state index contributed by atoms with van der Waals surface area (Å²) in [6.07, 6.45) is 6.46. The number of nitrogens with zero attached hydrogens (tertiary/aromatic N) is 1. The van der Waals surface area contributed by atoms with E-state index in [1.165, 1.54) is 19.2 Å². The van der Waals surface area contributed by atoms with Crippen molar-refractivity contribution in [3.8, 4) is 0 Å². The van der Waals surface area contributed by atoms with Gasteiger partial charge in [0, 0.05) is 23.7 Å². The van der Waals surface area contributed by atoms with E-state index in [9.17, 15) is 13.2 Å². The molecule has 0 bridgehead atoms. The van der Waals surface area contributed by atoms with Crippen molar-refractivity contribution < 1.29 is 13.2 Å². The number of urea groups is 1. The minimum atomic E-state index is -3.53. The summed E-state index contributed by atoms with van der Waals surface area (Å²) in [7, 11) is -2.17. The number of sulfonamides is 1. The lowest BCUT2D eigenvalue weighted by Gasteiger charge is -2.58. The zero-order valence-electron chi connectivity index (χ0n) is 14.8. The molecule has 1 heterocycles. The molecule has 2 amide bonds. The zero-order valence-corrected chi connectivity index (χ0v) is 15.6. The summed E-state index contributed by atoms with van der Waals surface area (Å²) in [6.45, 7) is 5.03. The van der Waals surface area contributed by atoms with Crippen LogP contribution in [0.3, 0.4) is 0 Å². The standard InChI is InChI=1S/C18H25N3O3S/c1-13(2)16-18(9-4-5-10-18)12-21(16)17(22)20-14-7-6-8-15(11-14)25(23,24)19-3/h4-8,11,13,16,19H,9-10,12H2,1-3H3,(H,20,22). The fraction of sp³-hybridized carbons (Fsp3) is 0.500. The molecule has 1 saturated heterocycles. The normalized spacial score (nSPS) is 21.6. The summed E-state index contributed by atoms with van der Waals surface area (Å²) in [5.74, 6) is 0.371. The summed E-state index contributed by atoms with van der Waals surface area (Å²) >= 11 is 0. The van der Waals surface area contributed by atoms with Crippen LogP contribution in [0.2, 0.25) is 0 Å². The molecule has 0 saturated carbocycles. The van der Waals surface area contributed by atoms with Crippen LogP contribution in [-0.2, 0) is 10.0 Å². The Hall–Kier alpha value is -1.86. The van der Waals surface area contributed by atoms with E-state index in [0.29, 0.717) is 11.6 Å². The second-order valence-corrected chi connectivity index (χ2v) is 9.11. The van der Waals surface area contributed by atoms with Crippen LogP contribution in [0.25, 0.3) is 0 Å². The first-order valence-electron chi connectivity index (χ1n) is 8.55. The largest absolute Gasteiger partial charge is 0.322 e. The highest BCUT2D eigenvalue weighted by atomic mass is 32.2. The molecule has 1 atom stereocenters. The number of hydrogen-bond donors (Lipinski definition) is 2. The number of hydrogen-bond acceptors (Lipinski definition) is 3. The third-order valence-corrected chi connectivity index (χ3v) is 6.63. The number of carbonyl (C=O) groups excluding carboxylic acids is 1. The van der Waals surface area contributed by atoms with Crippen LogP contribution < -0.4 is 10.0 Å². The van der Waals surface area contributed by atoms with Gasteiger partial charge in [-0.15, -0.1) is 0 Å². The van der Waals surface area contributed by atoms with Crippen LogP contribution in [0.1, 0.15) is 26.7 Å². The van der Waals surface area contributed by atoms with Crippen LogP contribution in [0.5, 0.6) is 0 Å². The van der Waals surface area contributed by atoms with E-state index >= 15 is 0 Å². The van der Waals surface area contributed by atoms with Gasteiger partial charge in [0.2, 0.25) is 10.0 Å². The summed E-state index contributed by atoms with van der Waals surface area (Å²) in [5.41, 5.74) is 0.664.